The van der Waals surface area contributed by atoms with Crippen molar-refractivity contribution in [3.8, 4) is 11.1 Å². The number of benzene rings is 4. The average molecular weight is 512 g/mol. The molecule has 1 heterocycles. The molecule has 5 rings (SSSR count). The van der Waals surface area contributed by atoms with E-state index in [1.165, 1.54) is 17.9 Å². The molecule has 1 fully saturated rings. The quantitative estimate of drug-likeness (QED) is 0.364. The predicted molar refractivity (Wildman–Crippen MR) is 143 cm³/mol. The van der Waals surface area contributed by atoms with Gasteiger partial charge in [-0.15, -0.1) is 0 Å². The van der Waals surface area contributed by atoms with E-state index in [9.17, 15) is 14.4 Å². The van der Waals surface area contributed by atoms with Gasteiger partial charge in [0.1, 0.15) is 11.9 Å². The molecule has 0 saturated carbocycles. The van der Waals surface area contributed by atoms with Crippen LogP contribution in [0.3, 0.4) is 0 Å². The van der Waals surface area contributed by atoms with Crippen LogP contribution in [0.4, 0.5) is 14.9 Å². The Labute approximate surface area is 219 Å². The predicted octanol–water partition coefficient (Wildman–Crippen LogP) is 5.04. The third-order valence-electron chi connectivity index (χ3n) is 6.45. The molecule has 7 nitrogen and oxygen atoms in total. The molecular formula is C30H26FN3O4. The van der Waals surface area contributed by atoms with E-state index in [0.717, 1.165) is 16.3 Å². The smallest absolute Gasteiger partial charge is 0.414 e. The number of cyclic esters (lactones) is 1. The Bertz CT molecular complexity index is 1520. The summed E-state index contributed by atoms with van der Waals surface area (Å²) in [4.78, 5) is 37.3. The van der Waals surface area contributed by atoms with Gasteiger partial charge in [0.2, 0.25) is 5.91 Å². The minimum atomic E-state index is -0.581. The maximum Gasteiger partial charge on any atom is 0.414 e. The molecule has 0 aromatic heterocycles. The van der Waals surface area contributed by atoms with Crippen LogP contribution < -0.4 is 15.5 Å². The fraction of sp³-hybridized carbons (Fsp3) is 0.167. The summed E-state index contributed by atoms with van der Waals surface area (Å²) in [5, 5.41) is 7.62. The van der Waals surface area contributed by atoms with Crippen LogP contribution >= 0.6 is 0 Å². The van der Waals surface area contributed by atoms with Crippen molar-refractivity contribution in [1.82, 2.24) is 10.6 Å². The van der Waals surface area contributed by atoms with Gasteiger partial charge in [-0.25, -0.2) is 9.18 Å². The molecule has 1 aliphatic heterocycles. The summed E-state index contributed by atoms with van der Waals surface area (Å²) in [6.07, 6.45) is -1.08. The molecular weight excluding hydrogens is 485 g/mol. The van der Waals surface area contributed by atoms with Gasteiger partial charge in [0.05, 0.1) is 18.8 Å². The first-order chi connectivity index (χ1) is 18.4. The molecule has 1 saturated heterocycles. The van der Waals surface area contributed by atoms with E-state index in [4.69, 9.17) is 4.74 Å². The molecule has 0 aliphatic carbocycles. The minimum Gasteiger partial charge on any atom is -0.442 e. The van der Waals surface area contributed by atoms with Gasteiger partial charge in [-0.3, -0.25) is 14.5 Å². The highest BCUT2D eigenvalue weighted by atomic mass is 19.1. The number of nitrogens with one attached hydrogen (secondary N) is 2. The number of hydrogen-bond acceptors (Lipinski definition) is 4. The summed E-state index contributed by atoms with van der Waals surface area (Å²) in [6.45, 7) is 2.15. The SMILES string of the molecule is CC(=O)NC[C@H]1CN(c2ccc(-c3ccc(CNC(=O)c4ccc5ccccc5c4)cc3)c(F)c2)C(=O)O1. The van der Waals surface area contributed by atoms with E-state index >= 15 is 4.39 Å². The van der Waals surface area contributed by atoms with Gasteiger partial charge in [0.25, 0.3) is 5.91 Å². The molecule has 4 aromatic carbocycles. The number of amides is 3. The summed E-state index contributed by atoms with van der Waals surface area (Å²) in [7, 11) is 0. The summed E-state index contributed by atoms with van der Waals surface area (Å²) < 4.78 is 20.3. The molecule has 8 heteroatoms. The van der Waals surface area contributed by atoms with E-state index in [0.29, 0.717) is 28.9 Å². The highest BCUT2D eigenvalue weighted by Crippen LogP contribution is 2.29. The van der Waals surface area contributed by atoms with Crippen molar-refractivity contribution in [2.24, 2.45) is 0 Å². The molecule has 4 aromatic rings. The van der Waals surface area contributed by atoms with Crippen LogP contribution in [0.2, 0.25) is 0 Å². The van der Waals surface area contributed by atoms with Crippen LogP contribution in [0.15, 0.2) is 84.9 Å². The Morgan fingerprint density at radius 3 is 2.45 bits per heavy atom. The third kappa shape index (κ3) is 5.49. The van der Waals surface area contributed by atoms with Crippen molar-refractivity contribution in [3.63, 3.8) is 0 Å². The number of rotatable bonds is 7. The van der Waals surface area contributed by atoms with Crippen molar-refractivity contribution in [3.05, 3.63) is 102 Å². The van der Waals surface area contributed by atoms with Crippen LogP contribution in [-0.4, -0.2) is 37.1 Å². The maximum absolute atomic E-state index is 15.0. The Balaban J connectivity index is 1.21. The van der Waals surface area contributed by atoms with E-state index in [-0.39, 0.29) is 24.9 Å². The normalized spacial score (nSPS) is 14.8. The van der Waals surface area contributed by atoms with Gasteiger partial charge in [-0.05, 0) is 52.2 Å². The zero-order valence-corrected chi connectivity index (χ0v) is 20.7. The highest BCUT2D eigenvalue weighted by molar-refractivity contribution is 5.98. The lowest BCUT2D eigenvalue weighted by atomic mass is 10.0. The molecule has 3 amide bonds. The molecule has 38 heavy (non-hydrogen) atoms. The first-order valence-corrected chi connectivity index (χ1v) is 12.3. The number of carbonyl (C=O) groups excluding carboxylic acids is 3. The fourth-order valence-corrected chi connectivity index (χ4v) is 4.42. The number of carbonyl (C=O) groups is 3. The van der Waals surface area contributed by atoms with E-state index in [2.05, 4.69) is 10.6 Å². The fourth-order valence-electron chi connectivity index (χ4n) is 4.42. The lowest BCUT2D eigenvalue weighted by Gasteiger charge is -2.15. The second kappa shape index (κ2) is 10.7. The monoisotopic (exact) mass is 511 g/mol. The van der Waals surface area contributed by atoms with Gasteiger partial charge < -0.3 is 15.4 Å². The van der Waals surface area contributed by atoms with Crippen LogP contribution in [-0.2, 0) is 16.1 Å². The van der Waals surface area contributed by atoms with Gasteiger partial charge >= 0.3 is 6.09 Å². The molecule has 192 valence electrons. The van der Waals surface area contributed by atoms with Crippen molar-refractivity contribution >= 4 is 34.4 Å². The molecule has 2 N–H and O–H groups in total. The first kappa shape index (κ1) is 25.0. The van der Waals surface area contributed by atoms with E-state index in [1.54, 1.807) is 30.3 Å². The lowest BCUT2D eigenvalue weighted by molar-refractivity contribution is -0.119. The summed E-state index contributed by atoms with van der Waals surface area (Å²) >= 11 is 0. The molecule has 0 spiro atoms. The second-order valence-corrected chi connectivity index (χ2v) is 9.16. The topological polar surface area (TPSA) is 87.7 Å². The maximum atomic E-state index is 15.0. The minimum absolute atomic E-state index is 0.166. The van der Waals surface area contributed by atoms with Crippen molar-refractivity contribution in [2.45, 2.75) is 19.6 Å². The van der Waals surface area contributed by atoms with E-state index < -0.39 is 18.0 Å². The summed E-state index contributed by atoms with van der Waals surface area (Å²) in [5.41, 5.74) is 2.92. The largest absolute Gasteiger partial charge is 0.442 e. The Hall–Kier alpha value is -4.72. The Kier molecular flexibility index (Phi) is 7.04. The van der Waals surface area contributed by atoms with Gasteiger partial charge in [-0.1, -0.05) is 54.6 Å². The summed E-state index contributed by atoms with van der Waals surface area (Å²) in [5.74, 6) is -0.854. The zero-order chi connectivity index (χ0) is 26.6. The number of halogens is 1. The van der Waals surface area contributed by atoms with Gasteiger partial charge in [0.15, 0.2) is 0 Å². The van der Waals surface area contributed by atoms with Crippen LogP contribution in [0, 0.1) is 5.82 Å². The number of fused-ring (bicyclic) bond motifs is 1. The lowest BCUT2D eigenvalue weighted by Crippen LogP contribution is -2.33. The van der Waals surface area contributed by atoms with Gasteiger partial charge in [0, 0.05) is 24.6 Å². The van der Waals surface area contributed by atoms with Crippen LogP contribution in [0.1, 0.15) is 22.8 Å². The van der Waals surface area contributed by atoms with Gasteiger partial charge in [-0.2, -0.15) is 0 Å². The summed E-state index contributed by atoms with van der Waals surface area (Å²) in [6, 6.07) is 25.3. The molecule has 0 radical (unpaired) electrons. The third-order valence-corrected chi connectivity index (χ3v) is 6.45. The van der Waals surface area contributed by atoms with Crippen molar-refractivity contribution < 1.29 is 23.5 Å². The van der Waals surface area contributed by atoms with Crippen molar-refractivity contribution in [1.29, 1.82) is 0 Å². The molecule has 1 aliphatic rings. The van der Waals surface area contributed by atoms with Crippen LogP contribution in [0.25, 0.3) is 21.9 Å². The second-order valence-electron chi connectivity index (χ2n) is 9.16. The molecule has 0 bridgehead atoms. The highest BCUT2D eigenvalue weighted by Gasteiger charge is 2.32. The number of anilines is 1. The zero-order valence-electron chi connectivity index (χ0n) is 20.7. The molecule has 1 atom stereocenters. The van der Waals surface area contributed by atoms with Crippen LogP contribution in [0.5, 0.6) is 0 Å². The first-order valence-electron chi connectivity index (χ1n) is 12.3. The number of hydrogen-bond donors (Lipinski definition) is 2. The molecule has 0 unspecified atom stereocenters. The Morgan fingerprint density at radius 1 is 0.947 bits per heavy atom. The standard InChI is InChI=1S/C30H26FN3O4/c1-19(35)32-17-26-18-34(30(37)38-26)25-12-13-27(28(31)15-25)22-8-6-20(7-9-22)16-33-29(36)24-11-10-21-4-2-3-5-23(21)14-24/h2-15,26H,16-18H2,1H3,(H,32,35)(H,33,36)/t26-/m0/s1. The van der Waals surface area contributed by atoms with E-state index in [1.807, 2.05) is 48.5 Å². The Morgan fingerprint density at radius 2 is 1.71 bits per heavy atom. The van der Waals surface area contributed by atoms with Crippen molar-refractivity contribution in [2.75, 3.05) is 18.0 Å². The average Bonchev–Trinajstić information content (AvgIpc) is 3.31. The number of ether oxygens (including phenoxy) is 1. The number of nitrogens with zero attached hydrogens (tertiary/aromatic N) is 1.